The van der Waals surface area contributed by atoms with Gasteiger partial charge in [0, 0.05) is 18.6 Å². The van der Waals surface area contributed by atoms with Crippen LogP contribution in [-0.4, -0.2) is 30.6 Å². The minimum atomic E-state index is 0.243. The molecule has 60 valence electrons. The quantitative estimate of drug-likeness (QED) is 0.589. The molecule has 0 aromatic heterocycles. The maximum absolute atomic E-state index is 5.61. The Morgan fingerprint density at radius 2 is 2.10 bits per heavy atom. The van der Waals surface area contributed by atoms with Gasteiger partial charge in [0.2, 0.25) is 0 Å². The number of nitrogens with two attached hydrogens (primary N) is 1. The lowest BCUT2D eigenvalue weighted by Crippen LogP contribution is -2.37. The molecule has 2 nitrogen and oxygen atoms in total. The molecule has 0 radical (unpaired) electrons. The third-order valence-corrected chi connectivity index (χ3v) is 1.61. The summed E-state index contributed by atoms with van der Waals surface area (Å²) in [6.07, 6.45) is 1.92. The molecular weight excluding hydrogens is 124 g/mol. The van der Waals surface area contributed by atoms with Crippen molar-refractivity contribution in [1.29, 1.82) is 0 Å². The minimum absolute atomic E-state index is 0.243. The van der Waals surface area contributed by atoms with Crippen molar-refractivity contribution in [1.82, 2.24) is 4.90 Å². The van der Waals surface area contributed by atoms with E-state index in [9.17, 15) is 0 Å². The molecule has 0 fully saturated rings. The summed E-state index contributed by atoms with van der Waals surface area (Å²) >= 11 is 0. The van der Waals surface area contributed by atoms with Gasteiger partial charge in [0.15, 0.2) is 0 Å². The lowest BCUT2D eigenvalue weighted by molar-refractivity contribution is 0.283. The molecule has 0 aromatic carbocycles. The number of rotatable bonds is 4. The fourth-order valence-electron chi connectivity index (χ4n) is 0.800. The highest BCUT2D eigenvalue weighted by Gasteiger charge is 2.05. The van der Waals surface area contributed by atoms with E-state index in [4.69, 9.17) is 5.73 Å². The summed E-state index contributed by atoms with van der Waals surface area (Å²) in [5.74, 6) is 0. The molecule has 0 saturated carbocycles. The lowest BCUT2D eigenvalue weighted by Gasteiger charge is -2.23. The van der Waals surface area contributed by atoms with Gasteiger partial charge in [-0.2, -0.15) is 0 Å². The standard InChI is InChI=1S/C8H18N2/c1-5-8(3)10(4)6-7(2)9/h5,7-8H,1,6,9H2,2-4H3. The van der Waals surface area contributed by atoms with E-state index in [0.29, 0.717) is 6.04 Å². The van der Waals surface area contributed by atoms with Gasteiger partial charge < -0.3 is 5.73 Å². The first-order valence-corrected chi connectivity index (χ1v) is 3.66. The monoisotopic (exact) mass is 142 g/mol. The van der Waals surface area contributed by atoms with E-state index in [0.717, 1.165) is 6.54 Å². The second-order valence-electron chi connectivity index (χ2n) is 2.89. The van der Waals surface area contributed by atoms with Crippen molar-refractivity contribution in [2.45, 2.75) is 25.9 Å². The van der Waals surface area contributed by atoms with Crippen LogP contribution in [0.4, 0.5) is 0 Å². The zero-order valence-electron chi connectivity index (χ0n) is 7.17. The molecule has 0 heterocycles. The molecule has 2 atom stereocenters. The minimum Gasteiger partial charge on any atom is -0.327 e. The van der Waals surface area contributed by atoms with E-state index in [1.807, 2.05) is 13.0 Å². The van der Waals surface area contributed by atoms with Crippen molar-refractivity contribution in [3.05, 3.63) is 12.7 Å². The van der Waals surface area contributed by atoms with Gasteiger partial charge in [-0.05, 0) is 20.9 Å². The highest BCUT2D eigenvalue weighted by molar-refractivity contribution is 4.83. The molecule has 0 bridgehead atoms. The fourth-order valence-corrected chi connectivity index (χ4v) is 0.800. The molecule has 2 unspecified atom stereocenters. The van der Waals surface area contributed by atoms with Gasteiger partial charge in [-0.1, -0.05) is 6.08 Å². The van der Waals surface area contributed by atoms with Crippen molar-refractivity contribution >= 4 is 0 Å². The van der Waals surface area contributed by atoms with Crippen molar-refractivity contribution in [3.63, 3.8) is 0 Å². The molecule has 0 rings (SSSR count). The van der Waals surface area contributed by atoms with Crippen molar-refractivity contribution in [2.24, 2.45) is 5.73 Å². The van der Waals surface area contributed by atoms with Gasteiger partial charge >= 0.3 is 0 Å². The first kappa shape index (κ1) is 9.66. The summed E-state index contributed by atoms with van der Waals surface area (Å²) in [5.41, 5.74) is 5.61. The van der Waals surface area contributed by atoms with E-state index in [1.54, 1.807) is 0 Å². The SMILES string of the molecule is C=CC(C)N(C)CC(C)N. The zero-order valence-corrected chi connectivity index (χ0v) is 7.17. The summed E-state index contributed by atoms with van der Waals surface area (Å²) in [5, 5.41) is 0. The molecule has 0 aliphatic carbocycles. The normalized spacial score (nSPS) is 16.9. The Morgan fingerprint density at radius 1 is 1.60 bits per heavy atom. The van der Waals surface area contributed by atoms with Gasteiger partial charge in [0.1, 0.15) is 0 Å². The first-order valence-electron chi connectivity index (χ1n) is 3.66. The molecule has 2 heteroatoms. The molecule has 10 heavy (non-hydrogen) atoms. The molecule has 0 aromatic rings. The number of nitrogens with zero attached hydrogens (tertiary/aromatic N) is 1. The van der Waals surface area contributed by atoms with Crippen LogP contribution in [0.2, 0.25) is 0 Å². The summed E-state index contributed by atoms with van der Waals surface area (Å²) in [4.78, 5) is 2.18. The highest BCUT2D eigenvalue weighted by Crippen LogP contribution is 1.95. The Morgan fingerprint density at radius 3 is 2.40 bits per heavy atom. The second-order valence-corrected chi connectivity index (χ2v) is 2.89. The maximum atomic E-state index is 5.61. The summed E-state index contributed by atoms with van der Waals surface area (Å²) in [7, 11) is 2.05. The van der Waals surface area contributed by atoms with Crippen molar-refractivity contribution in [2.75, 3.05) is 13.6 Å². The molecule has 0 aliphatic heterocycles. The van der Waals surface area contributed by atoms with Gasteiger partial charge in [-0.15, -0.1) is 6.58 Å². The highest BCUT2D eigenvalue weighted by atomic mass is 15.1. The molecule has 0 saturated heterocycles. The Kier molecular flexibility index (Phi) is 4.32. The zero-order chi connectivity index (χ0) is 8.15. The largest absolute Gasteiger partial charge is 0.327 e. The predicted molar refractivity (Wildman–Crippen MR) is 45.9 cm³/mol. The van der Waals surface area contributed by atoms with E-state index >= 15 is 0 Å². The second kappa shape index (κ2) is 4.47. The summed E-state index contributed by atoms with van der Waals surface area (Å²) < 4.78 is 0. The smallest absolute Gasteiger partial charge is 0.0244 e. The third kappa shape index (κ3) is 3.64. The van der Waals surface area contributed by atoms with E-state index in [-0.39, 0.29) is 6.04 Å². The average molecular weight is 142 g/mol. The van der Waals surface area contributed by atoms with Crippen LogP contribution in [0.15, 0.2) is 12.7 Å². The Labute approximate surface area is 63.7 Å². The van der Waals surface area contributed by atoms with Crippen LogP contribution < -0.4 is 5.73 Å². The van der Waals surface area contributed by atoms with Crippen molar-refractivity contribution < 1.29 is 0 Å². The molecule has 2 N–H and O–H groups in total. The van der Waals surface area contributed by atoms with Crippen LogP contribution in [-0.2, 0) is 0 Å². The number of likely N-dealkylation sites (N-methyl/N-ethyl adjacent to an activating group) is 1. The molecular formula is C8H18N2. The molecule has 0 spiro atoms. The van der Waals surface area contributed by atoms with E-state index in [1.165, 1.54) is 0 Å². The van der Waals surface area contributed by atoms with E-state index in [2.05, 4.69) is 25.5 Å². The van der Waals surface area contributed by atoms with Crippen LogP contribution in [0.1, 0.15) is 13.8 Å². The topological polar surface area (TPSA) is 29.3 Å². The van der Waals surface area contributed by atoms with Crippen molar-refractivity contribution in [3.8, 4) is 0 Å². The van der Waals surface area contributed by atoms with Crippen LogP contribution in [0, 0.1) is 0 Å². The van der Waals surface area contributed by atoms with Gasteiger partial charge in [0.05, 0.1) is 0 Å². The maximum Gasteiger partial charge on any atom is 0.0244 e. The van der Waals surface area contributed by atoms with E-state index < -0.39 is 0 Å². The van der Waals surface area contributed by atoms with Gasteiger partial charge in [-0.25, -0.2) is 0 Å². The Balaban J connectivity index is 3.60. The Bertz CT molecular complexity index is 99.4. The average Bonchev–Trinajstić information content (AvgIpc) is 1.85. The predicted octanol–water partition coefficient (Wildman–Crippen LogP) is 0.840. The fraction of sp³-hybridized carbons (Fsp3) is 0.750. The summed E-state index contributed by atoms with van der Waals surface area (Å²) in [6, 6.07) is 0.665. The lowest BCUT2D eigenvalue weighted by atomic mass is 10.2. The van der Waals surface area contributed by atoms with Crippen LogP contribution in [0.5, 0.6) is 0 Å². The Hall–Kier alpha value is -0.340. The van der Waals surface area contributed by atoms with Crippen LogP contribution >= 0.6 is 0 Å². The number of hydrogen-bond acceptors (Lipinski definition) is 2. The van der Waals surface area contributed by atoms with Gasteiger partial charge in [-0.3, -0.25) is 4.90 Å². The first-order chi connectivity index (χ1) is 4.57. The number of hydrogen-bond donors (Lipinski definition) is 1. The summed E-state index contributed by atoms with van der Waals surface area (Å²) in [6.45, 7) is 8.74. The van der Waals surface area contributed by atoms with Crippen LogP contribution in [0.3, 0.4) is 0 Å². The third-order valence-electron chi connectivity index (χ3n) is 1.61. The van der Waals surface area contributed by atoms with Gasteiger partial charge in [0.25, 0.3) is 0 Å². The van der Waals surface area contributed by atoms with Crippen LogP contribution in [0.25, 0.3) is 0 Å². The molecule has 0 aliphatic rings. The molecule has 0 amide bonds.